The monoisotopic (exact) mass is 299 g/mol. The van der Waals surface area contributed by atoms with Crippen molar-refractivity contribution in [1.29, 1.82) is 0 Å². The van der Waals surface area contributed by atoms with E-state index in [1.807, 2.05) is 0 Å². The van der Waals surface area contributed by atoms with Gasteiger partial charge in [-0.05, 0) is 12.5 Å². The van der Waals surface area contributed by atoms with Crippen LogP contribution in [0.25, 0.3) is 0 Å². The van der Waals surface area contributed by atoms with E-state index in [1.54, 1.807) is 0 Å². The lowest BCUT2D eigenvalue weighted by Crippen LogP contribution is -2.63. The minimum Gasteiger partial charge on any atom is -0.449 e. The summed E-state index contributed by atoms with van der Waals surface area (Å²) in [5, 5.41) is 11.8. The van der Waals surface area contributed by atoms with Crippen LogP contribution < -0.4 is 5.32 Å². The first-order valence-corrected chi connectivity index (χ1v) is 6.68. The maximum Gasteiger partial charge on any atom is 0.407 e. The smallest absolute Gasteiger partial charge is 0.407 e. The van der Waals surface area contributed by atoms with E-state index in [2.05, 4.69) is 5.32 Å². The van der Waals surface area contributed by atoms with Crippen molar-refractivity contribution >= 4 is 6.09 Å². The molecule has 1 aromatic rings. The van der Waals surface area contributed by atoms with Crippen molar-refractivity contribution in [3.63, 3.8) is 0 Å². The number of rotatable bonds is 2. The van der Waals surface area contributed by atoms with E-state index < -0.39 is 23.3 Å². The van der Waals surface area contributed by atoms with Crippen LogP contribution in [0.3, 0.4) is 0 Å². The summed E-state index contributed by atoms with van der Waals surface area (Å²) in [5.41, 5.74) is -0.930. The van der Waals surface area contributed by atoms with Gasteiger partial charge in [0.1, 0.15) is 17.2 Å². The second kappa shape index (κ2) is 5.23. The van der Waals surface area contributed by atoms with Crippen molar-refractivity contribution in [1.82, 2.24) is 5.32 Å². The Hall–Kier alpha value is -1.73. The van der Waals surface area contributed by atoms with Crippen molar-refractivity contribution in [2.45, 2.75) is 18.1 Å². The third-order valence-electron chi connectivity index (χ3n) is 4.15. The fourth-order valence-corrected chi connectivity index (χ4v) is 3.04. The van der Waals surface area contributed by atoms with Gasteiger partial charge in [0.05, 0.1) is 25.9 Å². The number of hydrogen-bond acceptors (Lipinski definition) is 4. The predicted molar refractivity (Wildman–Crippen MR) is 67.5 cm³/mol. The molecule has 2 heterocycles. The fraction of sp³-hybridized carbons (Fsp3) is 0.500. The zero-order valence-corrected chi connectivity index (χ0v) is 11.1. The maximum atomic E-state index is 14.2. The fourth-order valence-electron chi connectivity index (χ4n) is 3.04. The van der Waals surface area contributed by atoms with Crippen molar-refractivity contribution in [3.05, 3.63) is 35.4 Å². The number of hydrogen-bond donors (Lipinski definition) is 2. The number of halogens is 2. The van der Waals surface area contributed by atoms with Crippen LogP contribution in [0.4, 0.5) is 13.6 Å². The van der Waals surface area contributed by atoms with Gasteiger partial charge in [-0.2, -0.15) is 0 Å². The van der Waals surface area contributed by atoms with Crippen molar-refractivity contribution < 1.29 is 28.2 Å². The van der Waals surface area contributed by atoms with Crippen LogP contribution in [-0.4, -0.2) is 37.1 Å². The number of cyclic esters (lactones) is 1. The second-order valence-corrected chi connectivity index (χ2v) is 5.37. The molecule has 2 fully saturated rings. The molecule has 0 aromatic heterocycles. The maximum absolute atomic E-state index is 14.2. The molecular weight excluding hydrogens is 284 g/mol. The molecule has 0 aliphatic carbocycles. The average molecular weight is 299 g/mol. The molecule has 3 rings (SSSR count). The zero-order chi connectivity index (χ0) is 15.0. The van der Waals surface area contributed by atoms with Crippen LogP contribution in [0.15, 0.2) is 18.2 Å². The minimum atomic E-state index is -1.10. The first-order valence-electron chi connectivity index (χ1n) is 6.68. The number of aliphatic hydroxyl groups is 1. The van der Waals surface area contributed by atoms with E-state index in [1.165, 1.54) is 6.07 Å². The van der Waals surface area contributed by atoms with Gasteiger partial charge in [0.25, 0.3) is 0 Å². The van der Waals surface area contributed by atoms with Gasteiger partial charge in [-0.1, -0.05) is 6.07 Å². The molecule has 21 heavy (non-hydrogen) atoms. The topological polar surface area (TPSA) is 67.8 Å². The summed E-state index contributed by atoms with van der Waals surface area (Å²) in [4.78, 5) is 11.6. The van der Waals surface area contributed by atoms with E-state index in [-0.39, 0.29) is 37.4 Å². The molecule has 2 aliphatic rings. The Morgan fingerprint density at radius 1 is 1.43 bits per heavy atom. The first-order chi connectivity index (χ1) is 10.0. The largest absolute Gasteiger partial charge is 0.449 e. The van der Waals surface area contributed by atoms with Gasteiger partial charge in [0.2, 0.25) is 0 Å². The Kier molecular flexibility index (Phi) is 3.54. The lowest BCUT2D eigenvalue weighted by atomic mass is 9.73. The van der Waals surface area contributed by atoms with Crippen molar-refractivity contribution in [2.75, 3.05) is 19.8 Å². The summed E-state index contributed by atoms with van der Waals surface area (Å²) in [6, 6.07) is 3.23. The van der Waals surface area contributed by atoms with E-state index in [0.29, 0.717) is 6.42 Å². The molecule has 0 bridgehead atoms. The zero-order valence-electron chi connectivity index (χ0n) is 11.1. The number of carbonyl (C=O) groups is 1. The minimum absolute atomic E-state index is 0.000541. The van der Waals surface area contributed by atoms with Crippen LogP contribution in [-0.2, 0) is 15.0 Å². The number of benzene rings is 1. The highest BCUT2D eigenvalue weighted by Crippen LogP contribution is 2.41. The molecule has 2 saturated heterocycles. The predicted octanol–water partition coefficient (Wildman–Crippen LogP) is 1.30. The summed E-state index contributed by atoms with van der Waals surface area (Å²) >= 11 is 0. The summed E-state index contributed by atoms with van der Waals surface area (Å²) in [6.07, 6.45) is -0.639. The Balaban J connectivity index is 2.02. The molecule has 0 unspecified atom stereocenters. The van der Waals surface area contributed by atoms with Crippen LogP contribution >= 0.6 is 0 Å². The number of ether oxygens (including phenoxy) is 2. The Labute approximate surface area is 119 Å². The number of alkyl carbamates (subject to hydrolysis) is 1. The molecule has 3 atom stereocenters. The third-order valence-corrected chi connectivity index (χ3v) is 4.15. The number of fused-ring (bicyclic) bond motifs is 1. The van der Waals surface area contributed by atoms with E-state index in [0.717, 1.165) is 12.1 Å². The lowest BCUT2D eigenvalue weighted by molar-refractivity contribution is -0.117. The van der Waals surface area contributed by atoms with E-state index in [4.69, 9.17) is 9.47 Å². The number of aliphatic hydroxyl groups excluding tert-OH is 1. The van der Waals surface area contributed by atoms with Gasteiger partial charge in [0.15, 0.2) is 0 Å². The lowest BCUT2D eigenvalue weighted by Gasteiger charge is -2.48. The summed E-state index contributed by atoms with van der Waals surface area (Å²) in [5.74, 6) is -1.69. The standard InChI is InChI=1S/C14H15F2NO4/c15-9-1-2-11(12(16)4-9)14-7-21-10(5-18)3-8(14)6-20-13(19)17-14/h1-2,4,8,10,18H,3,5-7H2,(H,17,19)/t8-,10+,14-/m0/s1. The molecule has 0 radical (unpaired) electrons. The highest BCUT2D eigenvalue weighted by Gasteiger charge is 2.51. The number of carbonyl (C=O) groups excluding carboxylic acids is 1. The van der Waals surface area contributed by atoms with Crippen molar-refractivity contribution in [3.8, 4) is 0 Å². The molecule has 2 N–H and O–H groups in total. The second-order valence-electron chi connectivity index (χ2n) is 5.37. The Morgan fingerprint density at radius 2 is 2.24 bits per heavy atom. The summed E-state index contributed by atoms with van der Waals surface area (Å²) in [7, 11) is 0. The SMILES string of the molecule is O=C1N[C@@]2(c3ccc(F)cc3F)CO[C@@H](CO)C[C@H]2CO1. The van der Waals surface area contributed by atoms with Crippen LogP contribution in [0.2, 0.25) is 0 Å². The summed E-state index contributed by atoms with van der Waals surface area (Å²) < 4.78 is 37.8. The molecule has 5 nitrogen and oxygen atoms in total. The molecule has 0 saturated carbocycles. The van der Waals surface area contributed by atoms with Crippen LogP contribution in [0, 0.1) is 17.6 Å². The quantitative estimate of drug-likeness (QED) is 0.864. The van der Waals surface area contributed by atoms with Gasteiger partial charge in [-0.3, -0.25) is 0 Å². The van der Waals surface area contributed by atoms with E-state index >= 15 is 0 Å². The molecule has 0 spiro atoms. The molecule has 114 valence electrons. The Morgan fingerprint density at radius 3 is 2.95 bits per heavy atom. The van der Waals surface area contributed by atoms with Gasteiger partial charge >= 0.3 is 6.09 Å². The molecule has 1 amide bonds. The first kappa shape index (κ1) is 14.2. The van der Waals surface area contributed by atoms with Crippen LogP contribution in [0.1, 0.15) is 12.0 Å². The molecule has 1 aromatic carbocycles. The number of amides is 1. The summed E-state index contributed by atoms with van der Waals surface area (Å²) in [6.45, 7) is -0.0600. The Bertz CT molecular complexity index is 568. The normalized spacial score (nSPS) is 32.0. The third kappa shape index (κ3) is 2.36. The van der Waals surface area contributed by atoms with Crippen molar-refractivity contribution in [2.24, 2.45) is 5.92 Å². The highest BCUT2D eigenvalue weighted by atomic mass is 19.1. The average Bonchev–Trinajstić information content (AvgIpc) is 2.46. The van der Waals surface area contributed by atoms with Gasteiger partial charge in [-0.25, -0.2) is 13.6 Å². The number of nitrogens with one attached hydrogen (secondary N) is 1. The molecule has 2 aliphatic heterocycles. The molecule has 7 heteroatoms. The highest BCUT2D eigenvalue weighted by molar-refractivity contribution is 5.70. The van der Waals surface area contributed by atoms with Crippen LogP contribution in [0.5, 0.6) is 0 Å². The molecular formula is C14H15F2NO4. The van der Waals surface area contributed by atoms with Gasteiger partial charge in [0, 0.05) is 17.5 Å². The van der Waals surface area contributed by atoms with E-state index in [9.17, 15) is 18.7 Å². The van der Waals surface area contributed by atoms with Gasteiger partial charge in [-0.15, -0.1) is 0 Å². The van der Waals surface area contributed by atoms with Gasteiger partial charge < -0.3 is 19.9 Å².